The minimum atomic E-state index is -0.402. The summed E-state index contributed by atoms with van der Waals surface area (Å²) in [5.41, 5.74) is 0.920. The molecule has 0 aliphatic carbocycles. The molecule has 0 radical (unpaired) electrons. The zero-order valence-corrected chi connectivity index (χ0v) is 12.8. The molecule has 0 aliphatic rings. The Morgan fingerprint density at radius 3 is 2.50 bits per heavy atom. The number of nitrogens with one attached hydrogen (secondary N) is 1. The first-order chi connectivity index (χ1) is 8.47. The fraction of sp³-hybridized carbons (Fsp3) is 0.385. The average molecular weight is 361 g/mol. The van der Waals surface area contributed by atoms with Gasteiger partial charge in [-0.25, -0.2) is 4.79 Å². The van der Waals surface area contributed by atoms with Gasteiger partial charge in [0.1, 0.15) is 0 Å². The van der Waals surface area contributed by atoms with Crippen LogP contribution in [0.4, 0.5) is 0 Å². The molecular weight excluding hydrogens is 345 g/mol. The second-order valence-electron chi connectivity index (χ2n) is 4.02. The van der Waals surface area contributed by atoms with E-state index in [0.29, 0.717) is 21.3 Å². The van der Waals surface area contributed by atoms with Gasteiger partial charge in [-0.15, -0.1) is 0 Å². The van der Waals surface area contributed by atoms with Gasteiger partial charge in [0.25, 0.3) is 5.91 Å². The number of hydrogen-bond acceptors (Lipinski definition) is 3. The van der Waals surface area contributed by atoms with Crippen molar-refractivity contribution in [2.24, 2.45) is 0 Å². The standard InChI is InChI=1S/C13H16INO3/c1-4-18-13(17)10-7-5-6-9(11(10)14)12(16)15-8(2)3/h5-8H,4H2,1-3H3,(H,15,16). The van der Waals surface area contributed by atoms with Crippen LogP contribution >= 0.6 is 22.6 Å². The Bertz CT molecular complexity index is 458. The Morgan fingerprint density at radius 2 is 1.94 bits per heavy atom. The predicted octanol–water partition coefficient (Wildman–Crippen LogP) is 2.61. The molecule has 0 saturated heterocycles. The minimum absolute atomic E-state index is 0.0551. The summed E-state index contributed by atoms with van der Waals surface area (Å²) in [4.78, 5) is 23.6. The summed E-state index contributed by atoms with van der Waals surface area (Å²) in [6.07, 6.45) is 0. The molecule has 98 valence electrons. The van der Waals surface area contributed by atoms with Crippen molar-refractivity contribution in [1.82, 2.24) is 5.32 Å². The molecule has 0 atom stereocenters. The molecule has 5 heteroatoms. The van der Waals surface area contributed by atoms with Gasteiger partial charge in [0.2, 0.25) is 0 Å². The molecule has 0 fully saturated rings. The van der Waals surface area contributed by atoms with E-state index < -0.39 is 5.97 Å². The maximum Gasteiger partial charge on any atom is 0.339 e. The lowest BCUT2D eigenvalue weighted by Crippen LogP contribution is -2.31. The Hall–Kier alpha value is -1.11. The van der Waals surface area contributed by atoms with E-state index in [-0.39, 0.29) is 11.9 Å². The lowest BCUT2D eigenvalue weighted by Gasteiger charge is -2.11. The normalized spacial score (nSPS) is 10.3. The number of ether oxygens (including phenoxy) is 1. The highest BCUT2D eigenvalue weighted by Crippen LogP contribution is 2.18. The molecule has 0 spiro atoms. The van der Waals surface area contributed by atoms with E-state index >= 15 is 0 Å². The van der Waals surface area contributed by atoms with Crippen molar-refractivity contribution in [3.05, 3.63) is 32.9 Å². The van der Waals surface area contributed by atoms with E-state index in [1.807, 2.05) is 36.4 Å². The molecule has 1 amide bonds. The summed E-state index contributed by atoms with van der Waals surface area (Å²) >= 11 is 2.00. The van der Waals surface area contributed by atoms with E-state index in [2.05, 4.69) is 5.32 Å². The third-order valence-electron chi connectivity index (χ3n) is 2.16. The Morgan fingerprint density at radius 1 is 1.33 bits per heavy atom. The number of benzene rings is 1. The summed E-state index contributed by atoms with van der Waals surface area (Å²) in [6, 6.07) is 5.09. The summed E-state index contributed by atoms with van der Waals surface area (Å²) in [6.45, 7) is 5.84. The zero-order chi connectivity index (χ0) is 13.7. The molecule has 0 aliphatic heterocycles. The van der Waals surface area contributed by atoms with Crippen LogP contribution in [0.15, 0.2) is 18.2 Å². The van der Waals surface area contributed by atoms with Gasteiger partial charge >= 0.3 is 5.97 Å². The van der Waals surface area contributed by atoms with E-state index in [1.54, 1.807) is 25.1 Å². The summed E-state index contributed by atoms with van der Waals surface area (Å²) in [5.74, 6) is -0.582. The number of halogens is 1. The SMILES string of the molecule is CCOC(=O)c1cccc(C(=O)NC(C)C)c1I. The molecule has 18 heavy (non-hydrogen) atoms. The summed E-state index contributed by atoms with van der Waals surface area (Å²) in [5, 5.41) is 2.80. The van der Waals surface area contributed by atoms with Crippen LogP contribution in [0, 0.1) is 3.57 Å². The van der Waals surface area contributed by atoms with Gasteiger partial charge in [-0.3, -0.25) is 4.79 Å². The quantitative estimate of drug-likeness (QED) is 0.663. The van der Waals surface area contributed by atoms with Crippen molar-refractivity contribution < 1.29 is 14.3 Å². The van der Waals surface area contributed by atoms with Gasteiger partial charge in [0.15, 0.2) is 0 Å². The van der Waals surface area contributed by atoms with Crippen LogP contribution in [0.2, 0.25) is 0 Å². The van der Waals surface area contributed by atoms with Gasteiger partial charge in [-0.1, -0.05) is 6.07 Å². The molecule has 1 rings (SSSR count). The molecule has 1 aromatic carbocycles. The highest BCUT2D eigenvalue weighted by Gasteiger charge is 2.18. The second-order valence-corrected chi connectivity index (χ2v) is 5.09. The van der Waals surface area contributed by atoms with Crippen molar-refractivity contribution in [3.8, 4) is 0 Å². The number of rotatable bonds is 4. The molecule has 1 N–H and O–H groups in total. The average Bonchev–Trinajstić information content (AvgIpc) is 2.28. The molecule has 1 aromatic rings. The van der Waals surface area contributed by atoms with Crippen LogP contribution in [0.3, 0.4) is 0 Å². The molecule has 0 heterocycles. The molecule has 0 bridgehead atoms. The van der Waals surface area contributed by atoms with Crippen LogP contribution in [0.1, 0.15) is 41.5 Å². The topological polar surface area (TPSA) is 55.4 Å². The maximum absolute atomic E-state index is 11.9. The van der Waals surface area contributed by atoms with Crippen molar-refractivity contribution in [3.63, 3.8) is 0 Å². The van der Waals surface area contributed by atoms with E-state index in [0.717, 1.165) is 0 Å². The highest BCUT2D eigenvalue weighted by atomic mass is 127. The van der Waals surface area contributed by atoms with Gasteiger partial charge in [0.05, 0.1) is 17.7 Å². The third kappa shape index (κ3) is 3.69. The van der Waals surface area contributed by atoms with Crippen LogP contribution in [0.25, 0.3) is 0 Å². The predicted molar refractivity (Wildman–Crippen MR) is 77.7 cm³/mol. The fourth-order valence-corrected chi connectivity index (χ4v) is 2.24. The molecule has 4 nitrogen and oxygen atoms in total. The number of hydrogen-bond donors (Lipinski definition) is 1. The Labute approximate surface area is 120 Å². The number of carbonyl (C=O) groups is 2. The van der Waals surface area contributed by atoms with Gasteiger partial charge in [-0.05, 0) is 55.5 Å². The first-order valence-corrected chi connectivity index (χ1v) is 6.81. The van der Waals surface area contributed by atoms with E-state index in [1.165, 1.54) is 0 Å². The van der Waals surface area contributed by atoms with Crippen molar-refractivity contribution in [1.29, 1.82) is 0 Å². The Kier molecular flexibility index (Phi) is 5.58. The molecule has 0 aromatic heterocycles. The summed E-state index contributed by atoms with van der Waals surface area (Å²) < 4.78 is 5.57. The lowest BCUT2D eigenvalue weighted by molar-refractivity contribution is 0.0525. The summed E-state index contributed by atoms with van der Waals surface area (Å²) in [7, 11) is 0. The van der Waals surface area contributed by atoms with Gasteiger partial charge in [0, 0.05) is 9.61 Å². The van der Waals surface area contributed by atoms with Crippen molar-refractivity contribution in [2.75, 3.05) is 6.61 Å². The number of esters is 1. The van der Waals surface area contributed by atoms with Crippen molar-refractivity contribution >= 4 is 34.5 Å². The largest absolute Gasteiger partial charge is 0.462 e. The monoisotopic (exact) mass is 361 g/mol. The minimum Gasteiger partial charge on any atom is -0.462 e. The first kappa shape index (κ1) is 14.9. The van der Waals surface area contributed by atoms with Crippen LogP contribution < -0.4 is 5.32 Å². The molecular formula is C13H16INO3. The number of carbonyl (C=O) groups excluding carboxylic acids is 2. The fourth-order valence-electron chi connectivity index (χ4n) is 1.41. The van der Waals surface area contributed by atoms with Crippen LogP contribution in [-0.4, -0.2) is 24.5 Å². The van der Waals surface area contributed by atoms with E-state index in [4.69, 9.17) is 4.74 Å². The lowest BCUT2D eigenvalue weighted by atomic mass is 10.1. The van der Waals surface area contributed by atoms with Gasteiger partial charge < -0.3 is 10.1 Å². The van der Waals surface area contributed by atoms with E-state index in [9.17, 15) is 9.59 Å². The Balaban J connectivity index is 3.05. The van der Waals surface area contributed by atoms with Crippen LogP contribution in [-0.2, 0) is 4.74 Å². The first-order valence-electron chi connectivity index (χ1n) is 5.73. The molecule has 0 saturated carbocycles. The smallest absolute Gasteiger partial charge is 0.339 e. The van der Waals surface area contributed by atoms with Crippen LogP contribution in [0.5, 0.6) is 0 Å². The second kappa shape index (κ2) is 6.72. The van der Waals surface area contributed by atoms with Crippen molar-refractivity contribution in [2.45, 2.75) is 26.8 Å². The molecule has 0 unspecified atom stereocenters. The van der Waals surface area contributed by atoms with Gasteiger partial charge in [-0.2, -0.15) is 0 Å². The third-order valence-corrected chi connectivity index (χ3v) is 3.32. The zero-order valence-electron chi connectivity index (χ0n) is 10.6. The number of amides is 1. The highest BCUT2D eigenvalue weighted by molar-refractivity contribution is 14.1. The maximum atomic E-state index is 11.9.